The lowest BCUT2D eigenvalue weighted by molar-refractivity contribution is -0.126. The normalized spacial score (nSPS) is 23.8. The number of rotatable bonds is 6. The van der Waals surface area contributed by atoms with Crippen molar-refractivity contribution in [3.05, 3.63) is 16.1 Å². The highest BCUT2D eigenvalue weighted by atomic mass is 32.1. The van der Waals surface area contributed by atoms with Crippen molar-refractivity contribution < 1.29 is 4.79 Å². The van der Waals surface area contributed by atoms with Crippen LogP contribution in [0.15, 0.2) is 5.38 Å². The Kier molecular flexibility index (Phi) is 6.22. The number of nitrogens with zero attached hydrogens (tertiary/aromatic N) is 1. The van der Waals surface area contributed by atoms with Gasteiger partial charge in [-0.05, 0) is 45.4 Å². The summed E-state index contributed by atoms with van der Waals surface area (Å²) >= 11 is 1.64. The first-order valence-electron chi connectivity index (χ1n) is 8.32. The van der Waals surface area contributed by atoms with Crippen LogP contribution in [0.1, 0.15) is 75.5 Å². The highest BCUT2D eigenvalue weighted by Crippen LogP contribution is 2.32. The maximum atomic E-state index is 12.4. The predicted molar refractivity (Wildman–Crippen MR) is 88.4 cm³/mol. The number of nitrogens with one attached hydrogen (secondary N) is 1. The van der Waals surface area contributed by atoms with Crippen LogP contribution >= 0.6 is 11.3 Å². The Hall–Kier alpha value is -0.900. The van der Waals surface area contributed by atoms with Crippen LogP contribution in [0, 0.1) is 18.8 Å². The number of aryl methyl sites for hydroxylation is 1. The molecule has 1 aromatic heterocycles. The van der Waals surface area contributed by atoms with Crippen LogP contribution in [0.2, 0.25) is 0 Å². The summed E-state index contributed by atoms with van der Waals surface area (Å²) in [6.45, 7) is 6.28. The van der Waals surface area contributed by atoms with Crippen molar-refractivity contribution in [3.63, 3.8) is 0 Å². The van der Waals surface area contributed by atoms with Crippen molar-refractivity contribution in [3.8, 4) is 0 Å². The third kappa shape index (κ3) is 4.80. The highest BCUT2D eigenvalue weighted by Gasteiger charge is 2.27. The average molecular weight is 308 g/mol. The van der Waals surface area contributed by atoms with Crippen molar-refractivity contribution in [2.75, 3.05) is 0 Å². The molecule has 2 rings (SSSR count). The second-order valence-corrected chi connectivity index (χ2v) is 7.44. The Morgan fingerprint density at radius 1 is 1.43 bits per heavy atom. The van der Waals surface area contributed by atoms with E-state index >= 15 is 0 Å². The molecular weight excluding hydrogens is 280 g/mol. The zero-order valence-electron chi connectivity index (χ0n) is 13.5. The Bertz CT molecular complexity index is 449. The second kappa shape index (κ2) is 7.92. The van der Waals surface area contributed by atoms with Gasteiger partial charge < -0.3 is 5.32 Å². The van der Waals surface area contributed by atoms with Gasteiger partial charge in [0.2, 0.25) is 5.91 Å². The molecule has 0 bridgehead atoms. The maximum Gasteiger partial charge on any atom is 0.223 e. The molecule has 4 heteroatoms. The van der Waals surface area contributed by atoms with Crippen molar-refractivity contribution in [2.45, 2.75) is 71.8 Å². The third-order valence-corrected chi connectivity index (χ3v) is 5.41. The SMILES string of the molecule is CCCCC1CCC(C(=O)NC(C)c2csc(C)n2)CC1. The molecule has 0 aromatic carbocycles. The minimum absolute atomic E-state index is 0.0280. The van der Waals surface area contributed by atoms with Gasteiger partial charge in [0.15, 0.2) is 0 Å². The van der Waals surface area contributed by atoms with E-state index in [0.717, 1.165) is 29.5 Å². The third-order valence-electron chi connectivity index (χ3n) is 4.62. The molecule has 1 saturated carbocycles. The fraction of sp³-hybridized carbons (Fsp3) is 0.765. The Labute approximate surface area is 132 Å². The molecule has 21 heavy (non-hydrogen) atoms. The van der Waals surface area contributed by atoms with E-state index in [2.05, 4.69) is 17.2 Å². The van der Waals surface area contributed by atoms with Crippen LogP contribution in [-0.2, 0) is 4.79 Å². The Morgan fingerprint density at radius 3 is 2.71 bits per heavy atom. The van der Waals surface area contributed by atoms with Crippen LogP contribution < -0.4 is 5.32 Å². The zero-order valence-corrected chi connectivity index (χ0v) is 14.3. The topological polar surface area (TPSA) is 42.0 Å². The number of carbonyl (C=O) groups excluding carboxylic acids is 1. The van der Waals surface area contributed by atoms with E-state index in [1.807, 2.05) is 19.2 Å². The van der Waals surface area contributed by atoms with Crippen molar-refractivity contribution in [1.82, 2.24) is 10.3 Å². The quantitative estimate of drug-likeness (QED) is 0.833. The number of hydrogen-bond donors (Lipinski definition) is 1. The monoisotopic (exact) mass is 308 g/mol. The fourth-order valence-corrected chi connectivity index (χ4v) is 3.90. The summed E-state index contributed by atoms with van der Waals surface area (Å²) < 4.78 is 0. The number of hydrogen-bond acceptors (Lipinski definition) is 3. The minimum atomic E-state index is 0.0280. The first-order chi connectivity index (χ1) is 10.1. The molecule has 1 fully saturated rings. The van der Waals surface area contributed by atoms with Gasteiger partial charge in [-0.1, -0.05) is 26.2 Å². The van der Waals surface area contributed by atoms with Gasteiger partial charge in [-0.25, -0.2) is 4.98 Å². The predicted octanol–water partition coefficient (Wildman–Crippen LogP) is 4.63. The van der Waals surface area contributed by atoms with Gasteiger partial charge in [0, 0.05) is 11.3 Å². The zero-order chi connectivity index (χ0) is 15.2. The molecule has 0 radical (unpaired) electrons. The molecular formula is C17H28N2OS. The molecule has 3 nitrogen and oxygen atoms in total. The number of unbranched alkanes of at least 4 members (excludes halogenated alkanes) is 1. The molecule has 1 atom stereocenters. The van der Waals surface area contributed by atoms with Crippen LogP contribution in [0.3, 0.4) is 0 Å². The van der Waals surface area contributed by atoms with Crippen molar-refractivity contribution >= 4 is 17.2 Å². The summed E-state index contributed by atoms with van der Waals surface area (Å²) in [7, 11) is 0. The number of carbonyl (C=O) groups is 1. The van der Waals surface area contributed by atoms with Crippen molar-refractivity contribution in [2.24, 2.45) is 11.8 Å². The second-order valence-electron chi connectivity index (χ2n) is 6.38. The lowest BCUT2D eigenvalue weighted by Crippen LogP contribution is -2.35. The summed E-state index contributed by atoms with van der Waals surface area (Å²) in [5.74, 6) is 1.29. The molecule has 1 aliphatic rings. The summed E-state index contributed by atoms with van der Waals surface area (Å²) in [4.78, 5) is 16.8. The molecule has 1 aliphatic carbocycles. The van der Waals surface area contributed by atoms with Gasteiger partial charge in [0.1, 0.15) is 0 Å². The molecule has 0 spiro atoms. The van der Waals surface area contributed by atoms with Gasteiger partial charge in [-0.3, -0.25) is 4.79 Å². The average Bonchev–Trinajstić information content (AvgIpc) is 2.92. The highest BCUT2D eigenvalue weighted by molar-refractivity contribution is 7.09. The molecule has 0 saturated heterocycles. The molecule has 1 N–H and O–H groups in total. The summed E-state index contributed by atoms with van der Waals surface area (Å²) in [6, 6.07) is 0.0280. The number of thiazole rings is 1. The van der Waals surface area contributed by atoms with E-state index in [-0.39, 0.29) is 17.9 Å². The van der Waals surface area contributed by atoms with E-state index in [0.29, 0.717) is 0 Å². The van der Waals surface area contributed by atoms with Gasteiger partial charge in [0.05, 0.1) is 16.7 Å². The largest absolute Gasteiger partial charge is 0.348 e. The lowest BCUT2D eigenvalue weighted by Gasteiger charge is -2.28. The van der Waals surface area contributed by atoms with Crippen molar-refractivity contribution in [1.29, 1.82) is 0 Å². The number of aromatic nitrogens is 1. The van der Waals surface area contributed by atoms with E-state index in [1.165, 1.54) is 32.1 Å². The van der Waals surface area contributed by atoms with Gasteiger partial charge in [0.25, 0.3) is 0 Å². The summed E-state index contributed by atoms with van der Waals surface area (Å²) in [6.07, 6.45) is 8.53. The number of amides is 1. The van der Waals surface area contributed by atoms with E-state index < -0.39 is 0 Å². The van der Waals surface area contributed by atoms with Gasteiger partial charge in [-0.2, -0.15) is 0 Å². The van der Waals surface area contributed by atoms with E-state index in [1.54, 1.807) is 11.3 Å². The molecule has 1 amide bonds. The first kappa shape index (κ1) is 16.5. The molecule has 1 aromatic rings. The Morgan fingerprint density at radius 2 is 2.14 bits per heavy atom. The summed E-state index contributed by atoms with van der Waals surface area (Å²) in [5, 5.41) is 6.24. The van der Waals surface area contributed by atoms with E-state index in [9.17, 15) is 4.79 Å². The lowest BCUT2D eigenvalue weighted by atomic mass is 9.79. The molecule has 1 unspecified atom stereocenters. The van der Waals surface area contributed by atoms with Gasteiger partial charge in [-0.15, -0.1) is 11.3 Å². The van der Waals surface area contributed by atoms with Crippen LogP contribution in [0.5, 0.6) is 0 Å². The van der Waals surface area contributed by atoms with Crippen LogP contribution in [0.4, 0.5) is 0 Å². The Balaban J connectivity index is 1.77. The van der Waals surface area contributed by atoms with Gasteiger partial charge >= 0.3 is 0 Å². The smallest absolute Gasteiger partial charge is 0.223 e. The fourth-order valence-electron chi connectivity index (χ4n) is 3.19. The standard InChI is InChI=1S/C17H28N2OS/c1-4-5-6-14-7-9-15(10-8-14)17(20)18-12(2)16-11-21-13(3)19-16/h11-12,14-15H,4-10H2,1-3H3,(H,18,20). The van der Waals surface area contributed by atoms with E-state index in [4.69, 9.17) is 0 Å². The molecule has 118 valence electrons. The first-order valence-corrected chi connectivity index (χ1v) is 9.20. The molecule has 0 aliphatic heterocycles. The van der Waals surface area contributed by atoms with Crippen LogP contribution in [-0.4, -0.2) is 10.9 Å². The summed E-state index contributed by atoms with van der Waals surface area (Å²) in [5.41, 5.74) is 0.988. The maximum absolute atomic E-state index is 12.4. The molecule has 1 heterocycles. The minimum Gasteiger partial charge on any atom is -0.348 e. The van der Waals surface area contributed by atoms with Crippen LogP contribution in [0.25, 0.3) is 0 Å².